The molecule has 1 amide bonds. The van der Waals surface area contributed by atoms with E-state index in [0.29, 0.717) is 6.04 Å². The highest BCUT2D eigenvalue weighted by Crippen LogP contribution is 2.23. The van der Waals surface area contributed by atoms with Crippen LogP contribution in [0.25, 0.3) is 10.9 Å². The standard InChI is InChI=1S/C19H23N3O/c23-19(17-9-10-20-18-8-2-1-7-16(17)18)22-13-5-6-15(14-22)21-11-3-4-12-21/h1-2,7-10,15H,3-6,11-14H2/t15-/m1/s1. The molecular formula is C19H23N3O. The van der Waals surface area contributed by atoms with Gasteiger partial charge in [-0.3, -0.25) is 14.7 Å². The maximum absolute atomic E-state index is 13.1. The Hall–Kier alpha value is -1.94. The number of rotatable bonds is 2. The Morgan fingerprint density at radius 1 is 1.04 bits per heavy atom. The van der Waals surface area contributed by atoms with Gasteiger partial charge in [-0.25, -0.2) is 0 Å². The van der Waals surface area contributed by atoms with Crippen molar-refractivity contribution in [3.05, 3.63) is 42.1 Å². The first kappa shape index (κ1) is 14.6. The van der Waals surface area contributed by atoms with Crippen molar-refractivity contribution in [3.63, 3.8) is 0 Å². The summed E-state index contributed by atoms with van der Waals surface area (Å²) in [7, 11) is 0. The van der Waals surface area contributed by atoms with Crippen LogP contribution in [0.2, 0.25) is 0 Å². The first-order chi connectivity index (χ1) is 11.3. The largest absolute Gasteiger partial charge is 0.337 e. The highest BCUT2D eigenvalue weighted by molar-refractivity contribution is 6.06. The average Bonchev–Trinajstić information content (AvgIpc) is 3.15. The summed E-state index contributed by atoms with van der Waals surface area (Å²) in [6.07, 6.45) is 6.69. The monoisotopic (exact) mass is 309 g/mol. The lowest BCUT2D eigenvalue weighted by atomic mass is 10.0. The molecule has 1 atom stereocenters. The van der Waals surface area contributed by atoms with E-state index >= 15 is 0 Å². The highest BCUT2D eigenvalue weighted by atomic mass is 16.2. The Morgan fingerprint density at radius 3 is 2.74 bits per heavy atom. The van der Waals surface area contributed by atoms with Gasteiger partial charge >= 0.3 is 0 Å². The van der Waals surface area contributed by atoms with Crippen LogP contribution < -0.4 is 0 Å². The molecule has 1 aromatic heterocycles. The van der Waals surface area contributed by atoms with Crippen molar-refractivity contribution in [2.24, 2.45) is 0 Å². The summed E-state index contributed by atoms with van der Waals surface area (Å²) >= 11 is 0. The molecule has 0 radical (unpaired) electrons. The van der Waals surface area contributed by atoms with Gasteiger partial charge in [0, 0.05) is 30.7 Å². The van der Waals surface area contributed by atoms with Crippen LogP contribution in [-0.4, -0.2) is 52.9 Å². The Bertz CT molecular complexity index is 703. The van der Waals surface area contributed by atoms with Gasteiger partial charge in [-0.05, 0) is 50.9 Å². The van der Waals surface area contributed by atoms with Crippen molar-refractivity contribution in [1.29, 1.82) is 0 Å². The molecule has 3 heterocycles. The van der Waals surface area contributed by atoms with Crippen molar-refractivity contribution >= 4 is 16.8 Å². The first-order valence-corrected chi connectivity index (χ1v) is 8.70. The second-order valence-electron chi connectivity index (χ2n) is 6.67. The minimum absolute atomic E-state index is 0.160. The van der Waals surface area contributed by atoms with Crippen molar-refractivity contribution in [1.82, 2.24) is 14.8 Å². The molecule has 0 unspecified atom stereocenters. The fraction of sp³-hybridized carbons (Fsp3) is 0.474. The number of aromatic nitrogens is 1. The molecule has 0 aliphatic carbocycles. The number of nitrogens with zero attached hydrogens (tertiary/aromatic N) is 3. The quantitative estimate of drug-likeness (QED) is 0.856. The summed E-state index contributed by atoms with van der Waals surface area (Å²) in [4.78, 5) is 22.0. The first-order valence-electron chi connectivity index (χ1n) is 8.70. The van der Waals surface area contributed by atoms with Gasteiger partial charge < -0.3 is 4.90 Å². The molecule has 2 aliphatic heterocycles. The predicted octanol–water partition coefficient (Wildman–Crippen LogP) is 2.94. The molecule has 120 valence electrons. The molecule has 0 N–H and O–H groups in total. The van der Waals surface area contributed by atoms with Crippen molar-refractivity contribution < 1.29 is 4.79 Å². The Kier molecular flexibility index (Phi) is 4.00. The van der Waals surface area contributed by atoms with Crippen molar-refractivity contribution in [2.75, 3.05) is 26.2 Å². The maximum Gasteiger partial charge on any atom is 0.254 e. The van der Waals surface area contributed by atoms with Gasteiger partial charge in [-0.2, -0.15) is 0 Å². The molecular weight excluding hydrogens is 286 g/mol. The summed E-state index contributed by atoms with van der Waals surface area (Å²) in [5, 5.41) is 0.961. The van der Waals surface area contributed by atoms with Crippen LogP contribution in [0.15, 0.2) is 36.5 Å². The zero-order valence-electron chi connectivity index (χ0n) is 13.4. The lowest BCUT2D eigenvalue weighted by molar-refractivity contribution is 0.0610. The number of likely N-dealkylation sites (tertiary alicyclic amines) is 2. The van der Waals surface area contributed by atoms with Crippen LogP contribution in [0, 0.1) is 0 Å². The molecule has 4 nitrogen and oxygen atoms in total. The van der Waals surface area contributed by atoms with Gasteiger partial charge in [0.25, 0.3) is 5.91 Å². The summed E-state index contributed by atoms with van der Waals surface area (Å²) in [6.45, 7) is 4.14. The van der Waals surface area contributed by atoms with E-state index in [-0.39, 0.29) is 5.91 Å². The summed E-state index contributed by atoms with van der Waals surface area (Å²) in [6, 6.07) is 10.3. The molecule has 4 rings (SSSR count). The Labute approximate surface area is 137 Å². The van der Waals surface area contributed by atoms with E-state index in [1.54, 1.807) is 6.20 Å². The van der Waals surface area contributed by atoms with E-state index in [2.05, 4.69) is 9.88 Å². The van der Waals surface area contributed by atoms with E-state index in [1.807, 2.05) is 35.2 Å². The number of benzene rings is 1. The number of piperidine rings is 1. The lowest BCUT2D eigenvalue weighted by Gasteiger charge is -2.37. The SMILES string of the molecule is O=C(c1ccnc2ccccc12)N1CCC[C@@H](N2CCCC2)C1. The second kappa shape index (κ2) is 6.28. The lowest BCUT2D eigenvalue weighted by Crippen LogP contribution is -2.49. The summed E-state index contributed by atoms with van der Waals surface area (Å²) in [5.74, 6) is 0.160. The normalized spacial score (nSPS) is 22.6. The van der Waals surface area contributed by atoms with Crippen LogP contribution in [0.3, 0.4) is 0 Å². The number of amides is 1. The number of hydrogen-bond acceptors (Lipinski definition) is 3. The number of fused-ring (bicyclic) bond motifs is 1. The summed E-state index contributed by atoms with van der Waals surface area (Å²) < 4.78 is 0. The van der Waals surface area contributed by atoms with Crippen LogP contribution in [0.1, 0.15) is 36.0 Å². The molecule has 2 saturated heterocycles. The second-order valence-corrected chi connectivity index (χ2v) is 6.67. The molecule has 23 heavy (non-hydrogen) atoms. The van der Waals surface area contributed by atoms with E-state index in [1.165, 1.54) is 32.4 Å². The van der Waals surface area contributed by atoms with Crippen LogP contribution >= 0.6 is 0 Å². The predicted molar refractivity (Wildman–Crippen MR) is 91.5 cm³/mol. The zero-order chi connectivity index (χ0) is 15.6. The van der Waals surface area contributed by atoms with Gasteiger partial charge in [0.05, 0.1) is 11.1 Å². The fourth-order valence-corrected chi connectivity index (χ4v) is 4.00. The highest BCUT2D eigenvalue weighted by Gasteiger charge is 2.30. The van der Waals surface area contributed by atoms with Crippen molar-refractivity contribution in [3.8, 4) is 0 Å². The third-order valence-corrected chi connectivity index (χ3v) is 5.22. The minimum Gasteiger partial charge on any atom is -0.337 e. The molecule has 0 spiro atoms. The number of carbonyl (C=O) groups excluding carboxylic acids is 1. The Balaban J connectivity index is 1.57. The van der Waals surface area contributed by atoms with Gasteiger partial charge in [0.15, 0.2) is 0 Å². The third-order valence-electron chi connectivity index (χ3n) is 5.22. The number of hydrogen-bond donors (Lipinski definition) is 0. The smallest absolute Gasteiger partial charge is 0.254 e. The van der Waals surface area contributed by atoms with Gasteiger partial charge in [-0.15, -0.1) is 0 Å². The fourth-order valence-electron chi connectivity index (χ4n) is 4.00. The van der Waals surface area contributed by atoms with E-state index in [0.717, 1.165) is 36.0 Å². The topological polar surface area (TPSA) is 36.4 Å². The third kappa shape index (κ3) is 2.83. The molecule has 2 fully saturated rings. The molecule has 4 heteroatoms. The van der Waals surface area contributed by atoms with E-state index in [4.69, 9.17) is 0 Å². The Morgan fingerprint density at radius 2 is 1.87 bits per heavy atom. The number of pyridine rings is 1. The molecule has 1 aromatic carbocycles. The number of para-hydroxylation sites is 1. The molecule has 0 bridgehead atoms. The zero-order valence-corrected chi connectivity index (χ0v) is 13.4. The van der Waals surface area contributed by atoms with E-state index in [9.17, 15) is 4.79 Å². The van der Waals surface area contributed by atoms with Gasteiger partial charge in [0.2, 0.25) is 0 Å². The van der Waals surface area contributed by atoms with Crippen LogP contribution in [0.5, 0.6) is 0 Å². The van der Waals surface area contributed by atoms with E-state index < -0.39 is 0 Å². The molecule has 0 saturated carbocycles. The molecule has 2 aromatic rings. The van der Waals surface area contributed by atoms with Gasteiger partial charge in [0.1, 0.15) is 0 Å². The summed E-state index contributed by atoms with van der Waals surface area (Å²) in [5.41, 5.74) is 1.68. The van der Waals surface area contributed by atoms with Crippen molar-refractivity contribution in [2.45, 2.75) is 31.7 Å². The van der Waals surface area contributed by atoms with Crippen LogP contribution in [-0.2, 0) is 0 Å². The minimum atomic E-state index is 0.160. The maximum atomic E-state index is 13.1. The molecule has 2 aliphatic rings. The average molecular weight is 309 g/mol. The number of carbonyl (C=O) groups is 1. The van der Waals surface area contributed by atoms with Crippen LogP contribution in [0.4, 0.5) is 0 Å². The van der Waals surface area contributed by atoms with Gasteiger partial charge in [-0.1, -0.05) is 18.2 Å².